The van der Waals surface area contributed by atoms with E-state index in [1.165, 1.54) is 6.07 Å². The number of carbonyl (C=O) groups is 3. The van der Waals surface area contributed by atoms with E-state index in [9.17, 15) is 32.3 Å². The lowest BCUT2D eigenvalue weighted by molar-refractivity contribution is -0.141. The van der Waals surface area contributed by atoms with Gasteiger partial charge in [-0.1, -0.05) is 18.2 Å². The number of imide groups is 1. The Bertz CT molecular complexity index is 2440. The van der Waals surface area contributed by atoms with Crippen LogP contribution >= 0.6 is 0 Å². The third-order valence-corrected chi connectivity index (χ3v) is 11.9. The number of alkyl halides is 3. The first kappa shape index (κ1) is 39.3. The van der Waals surface area contributed by atoms with Crippen LogP contribution in [0.15, 0.2) is 59.7 Å². The van der Waals surface area contributed by atoms with Crippen LogP contribution in [-0.4, -0.2) is 71.9 Å². The Kier molecular flexibility index (Phi) is 10.6. The molecule has 16 heteroatoms. The number of nitrogens with zero attached hydrogens (tertiary/aromatic N) is 6. The minimum Gasteiger partial charge on any atom is -0.489 e. The maximum atomic E-state index is 13.5. The highest BCUT2D eigenvalue weighted by Gasteiger charge is 2.35. The van der Waals surface area contributed by atoms with Crippen LogP contribution in [0, 0.1) is 5.92 Å². The first-order valence-electron chi connectivity index (χ1n) is 20.0. The lowest BCUT2D eigenvalue weighted by atomic mass is 9.80. The van der Waals surface area contributed by atoms with Crippen molar-refractivity contribution in [3.8, 4) is 5.75 Å². The topological polar surface area (TPSA) is 145 Å². The fraction of sp³-hybridized carbons (Fsp3) is 0.476. The third kappa shape index (κ3) is 7.85. The van der Waals surface area contributed by atoms with E-state index >= 15 is 0 Å². The van der Waals surface area contributed by atoms with Gasteiger partial charge in [-0.05, 0) is 107 Å². The van der Waals surface area contributed by atoms with E-state index in [4.69, 9.17) is 9.72 Å². The standard InChI is InChI=1S/C42H47F3N8O5/c1-24(2)58-34-20-36-47-30(22-52(36)23-31(34)48-39(55)29-7-5-9-35(46-29)42(43,44)45)27-12-10-25(11-13-27)21-51-18-16-26(17-19-51)28-6-4-8-32-38(28)50(3)41(57)53(32)33-14-15-37(54)49-40(33)56/h4-9,20,22-27,33H,10-19,21H2,1-3H3,(H,48,55)(H,49,54,56)/t25-,27-,33?. The zero-order valence-electron chi connectivity index (χ0n) is 32.7. The Morgan fingerprint density at radius 2 is 1.69 bits per heavy atom. The molecule has 0 bridgehead atoms. The first-order chi connectivity index (χ1) is 27.7. The molecule has 3 aliphatic rings. The SMILES string of the molecule is CC(C)Oc1cc2nc([C@H]3CC[C@H](CN4CCC(c5cccc6c5n(C)c(=O)n6C5CCC(=O)NC5=O)CC4)CC3)cn2cc1NC(=O)c1cccc(C(F)(F)F)n1. The molecule has 6 heterocycles. The van der Waals surface area contributed by atoms with E-state index in [1.807, 2.05) is 36.6 Å². The zero-order valence-corrected chi connectivity index (χ0v) is 32.7. The number of benzene rings is 1. The number of ether oxygens (including phenoxy) is 1. The highest BCUT2D eigenvalue weighted by Crippen LogP contribution is 2.39. The summed E-state index contributed by atoms with van der Waals surface area (Å²) in [6.07, 6.45) is 5.29. The van der Waals surface area contributed by atoms with Gasteiger partial charge in [0.1, 0.15) is 34.5 Å². The van der Waals surface area contributed by atoms with Crippen molar-refractivity contribution in [3.05, 3.63) is 88.0 Å². The number of pyridine rings is 2. The molecule has 2 N–H and O–H groups in total. The van der Waals surface area contributed by atoms with Gasteiger partial charge in [0.2, 0.25) is 11.8 Å². The predicted octanol–water partition coefficient (Wildman–Crippen LogP) is 6.57. The summed E-state index contributed by atoms with van der Waals surface area (Å²) in [4.78, 5) is 62.0. The molecule has 8 rings (SSSR count). The number of para-hydroxylation sites is 1. The molecule has 2 saturated heterocycles. The predicted molar refractivity (Wildman–Crippen MR) is 210 cm³/mol. The summed E-state index contributed by atoms with van der Waals surface area (Å²) in [6.45, 7) is 6.63. The molecule has 306 valence electrons. The number of aromatic nitrogens is 5. The Morgan fingerprint density at radius 3 is 2.40 bits per heavy atom. The molecule has 58 heavy (non-hydrogen) atoms. The van der Waals surface area contributed by atoms with Gasteiger partial charge in [-0.25, -0.2) is 14.8 Å². The van der Waals surface area contributed by atoms with Crippen molar-refractivity contribution < 1.29 is 32.3 Å². The van der Waals surface area contributed by atoms with E-state index in [-0.39, 0.29) is 41.7 Å². The maximum Gasteiger partial charge on any atom is 0.433 e. The number of piperidine rings is 2. The van der Waals surface area contributed by atoms with Crippen LogP contribution < -0.4 is 21.1 Å². The Morgan fingerprint density at radius 1 is 0.948 bits per heavy atom. The molecule has 3 amide bonds. The minimum absolute atomic E-state index is 0.204. The maximum absolute atomic E-state index is 13.5. The molecule has 0 spiro atoms. The Labute approximate surface area is 332 Å². The van der Waals surface area contributed by atoms with Crippen LogP contribution in [0.4, 0.5) is 18.9 Å². The molecule has 0 radical (unpaired) electrons. The number of halogens is 3. The van der Waals surface area contributed by atoms with Crippen molar-refractivity contribution in [3.63, 3.8) is 0 Å². The number of aryl methyl sites for hydroxylation is 1. The van der Waals surface area contributed by atoms with Gasteiger partial charge in [0.15, 0.2) is 0 Å². The molecule has 3 fully saturated rings. The van der Waals surface area contributed by atoms with E-state index in [0.717, 1.165) is 92.6 Å². The number of fused-ring (bicyclic) bond motifs is 2. The molecule has 2 aliphatic heterocycles. The number of amides is 3. The smallest absolute Gasteiger partial charge is 0.433 e. The Hall–Kier alpha value is -5.51. The summed E-state index contributed by atoms with van der Waals surface area (Å²) in [6, 6.07) is 10.2. The largest absolute Gasteiger partial charge is 0.489 e. The van der Waals surface area contributed by atoms with Crippen LogP contribution in [0.3, 0.4) is 0 Å². The summed E-state index contributed by atoms with van der Waals surface area (Å²) in [7, 11) is 1.76. The molecule has 1 saturated carbocycles. The molecule has 4 aromatic heterocycles. The van der Waals surface area contributed by atoms with Gasteiger partial charge in [-0.15, -0.1) is 0 Å². The number of carbonyl (C=O) groups excluding carboxylic acids is 3. The monoisotopic (exact) mass is 800 g/mol. The fourth-order valence-corrected chi connectivity index (χ4v) is 9.04. The van der Waals surface area contributed by atoms with Gasteiger partial charge >= 0.3 is 11.9 Å². The van der Waals surface area contributed by atoms with Crippen molar-refractivity contribution in [2.75, 3.05) is 25.0 Å². The van der Waals surface area contributed by atoms with Crippen molar-refractivity contribution in [1.82, 2.24) is 33.7 Å². The second kappa shape index (κ2) is 15.7. The second-order valence-corrected chi connectivity index (χ2v) is 16.2. The number of rotatable bonds is 9. The molecule has 1 atom stereocenters. The number of anilines is 1. The molecule has 13 nitrogen and oxygen atoms in total. The summed E-state index contributed by atoms with van der Waals surface area (Å²) >= 11 is 0. The van der Waals surface area contributed by atoms with Gasteiger partial charge in [0, 0.05) is 44.4 Å². The summed E-state index contributed by atoms with van der Waals surface area (Å²) in [5, 5.41) is 5.08. The average molecular weight is 801 g/mol. The van der Waals surface area contributed by atoms with E-state index in [0.29, 0.717) is 29.4 Å². The third-order valence-electron chi connectivity index (χ3n) is 11.9. The normalized spacial score (nSPS) is 21.2. The fourth-order valence-electron chi connectivity index (χ4n) is 9.04. The molecule has 1 unspecified atom stereocenters. The van der Waals surface area contributed by atoms with Gasteiger partial charge in [-0.2, -0.15) is 13.2 Å². The van der Waals surface area contributed by atoms with Crippen molar-refractivity contribution >= 4 is 40.1 Å². The second-order valence-electron chi connectivity index (χ2n) is 16.2. The summed E-state index contributed by atoms with van der Waals surface area (Å²) in [5.41, 5.74) is 2.86. The lowest BCUT2D eigenvalue weighted by Gasteiger charge is -2.36. The van der Waals surface area contributed by atoms with Gasteiger partial charge in [0.05, 0.1) is 22.8 Å². The first-order valence-corrected chi connectivity index (χ1v) is 20.0. The quantitative estimate of drug-likeness (QED) is 0.159. The molecule has 5 aromatic rings. The van der Waals surface area contributed by atoms with Gasteiger partial charge < -0.3 is 19.4 Å². The van der Waals surface area contributed by atoms with E-state index in [2.05, 4.69) is 26.6 Å². The molecular formula is C42H47F3N8O5. The lowest BCUT2D eigenvalue weighted by Crippen LogP contribution is -2.44. The molecular weight excluding hydrogens is 754 g/mol. The minimum atomic E-state index is -4.68. The van der Waals surface area contributed by atoms with Crippen molar-refractivity contribution in [2.45, 2.75) is 95.4 Å². The average Bonchev–Trinajstić information content (AvgIpc) is 3.72. The van der Waals surface area contributed by atoms with Crippen LogP contribution in [-0.2, 0) is 22.8 Å². The zero-order chi connectivity index (χ0) is 40.9. The van der Waals surface area contributed by atoms with Crippen molar-refractivity contribution in [2.24, 2.45) is 13.0 Å². The van der Waals surface area contributed by atoms with Crippen LogP contribution in [0.1, 0.15) is 111 Å². The number of imidazole rings is 2. The van der Waals surface area contributed by atoms with E-state index in [1.54, 1.807) is 28.4 Å². The van der Waals surface area contributed by atoms with Crippen LogP contribution in [0.2, 0.25) is 0 Å². The number of hydrogen-bond acceptors (Lipinski definition) is 8. The highest BCUT2D eigenvalue weighted by molar-refractivity contribution is 6.04. The number of nitrogens with one attached hydrogen (secondary N) is 2. The number of likely N-dealkylation sites (tertiary alicyclic amines) is 1. The summed E-state index contributed by atoms with van der Waals surface area (Å²) < 4.78 is 50.8. The number of hydrogen-bond donors (Lipinski definition) is 2. The highest BCUT2D eigenvalue weighted by atomic mass is 19.4. The Balaban J connectivity index is 0.892. The van der Waals surface area contributed by atoms with Gasteiger partial charge in [0.25, 0.3) is 5.91 Å². The van der Waals surface area contributed by atoms with Gasteiger partial charge in [-0.3, -0.25) is 28.8 Å². The van der Waals surface area contributed by atoms with E-state index < -0.39 is 29.7 Å². The van der Waals surface area contributed by atoms with Crippen LogP contribution in [0.5, 0.6) is 5.75 Å². The molecule has 1 aliphatic carbocycles. The summed E-state index contributed by atoms with van der Waals surface area (Å²) in [5.74, 6) is -0.0507. The molecule has 1 aromatic carbocycles. The van der Waals surface area contributed by atoms with Crippen molar-refractivity contribution in [1.29, 1.82) is 0 Å². The van der Waals surface area contributed by atoms with Crippen LogP contribution in [0.25, 0.3) is 16.7 Å².